The average Bonchev–Trinajstić information content (AvgIpc) is 2.14. The number of hydrogen-bond donors (Lipinski definition) is 1. The van der Waals surface area contributed by atoms with Crippen LogP contribution in [0.4, 0.5) is 0 Å². The molecule has 0 bridgehead atoms. The molecule has 2 atom stereocenters. The molecule has 0 saturated carbocycles. The number of benzene rings is 1. The third kappa shape index (κ3) is 3.54. The third-order valence-electron chi connectivity index (χ3n) is 1.75. The second kappa shape index (κ2) is 5.20. The standard InChI is InChI=1S/C10H14O3P/c1-8-4-3-5-10(6-8)7-13-14(12)9(2)11/h3-6,9,11H,7H2,1-2H3/q+1. The van der Waals surface area contributed by atoms with Crippen molar-refractivity contribution in [2.45, 2.75) is 26.3 Å². The molecular formula is C10H14O3P+. The largest absolute Gasteiger partial charge is 0.540 e. The number of aliphatic hydroxyl groups is 1. The fraction of sp³-hybridized carbons (Fsp3) is 0.400. The summed E-state index contributed by atoms with van der Waals surface area (Å²) < 4.78 is 16.1. The van der Waals surface area contributed by atoms with Crippen molar-refractivity contribution < 1.29 is 14.2 Å². The van der Waals surface area contributed by atoms with Crippen LogP contribution in [0.1, 0.15) is 18.1 Å². The van der Waals surface area contributed by atoms with Crippen LogP contribution in [-0.4, -0.2) is 11.0 Å². The summed E-state index contributed by atoms with van der Waals surface area (Å²) in [5.41, 5.74) is 2.10. The summed E-state index contributed by atoms with van der Waals surface area (Å²) in [7, 11) is -1.97. The minimum atomic E-state index is -1.97. The van der Waals surface area contributed by atoms with Crippen molar-refractivity contribution in [3.8, 4) is 0 Å². The molecule has 1 aromatic carbocycles. The van der Waals surface area contributed by atoms with Gasteiger partial charge in [0.2, 0.25) is 0 Å². The zero-order valence-electron chi connectivity index (χ0n) is 8.30. The lowest BCUT2D eigenvalue weighted by Gasteiger charge is -1.97. The highest BCUT2D eigenvalue weighted by molar-refractivity contribution is 7.39. The summed E-state index contributed by atoms with van der Waals surface area (Å²) in [6.07, 6.45) is 0. The summed E-state index contributed by atoms with van der Waals surface area (Å²) in [5, 5.41) is 8.94. The first-order chi connectivity index (χ1) is 6.59. The lowest BCUT2D eigenvalue weighted by atomic mass is 10.1. The van der Waals surface area contributed by atoms with Crippen molar-refractivity contribution in [3.05, 3.63) is 35.4 Å². The Hall–Kier alpha value is -0.760. The normalized spacial score (nSPS) is 13.8. The first-order valence-electron chi connectivity index (χ1n) is 4.42. The molecule has 2 unspecified atom stereocenters. The first-order valence-corrected chi connectivity index (χ1v) is 5.67. The zero-order valence-corrected chi connectivity index (χ0v) is 9.20. The van der Waals surface area contributed by atoms with E-state index < -0.39 is 13.9 Å². The smallest absolute Gasteiger partial charge is 0.349 e. The molecule has 0 fully saturated rings. The van der Waals surface area contributed by atoms with Gasteiger partial charge in [-0.05, 0) is 17.1 Å². The summed E-state index contributed by atoms with van der Waals surface area (Å²) >= 11 is 0. The summed E-state index contributed by atoms with van der Waals surface area (Å²) in [6.45, 7) is 3.72. The number of hydrogen-bond acceptors (Lipinski definition) is 3. The van der Waals surface area contributed by atoms with Crippen molar-refractivity contribution in [2.75, 3.05) is 0 Å². The first kappa shape index (κ1) is 11.3. The second-order valence-electron chi connectivity index (χ2n) is 3.18. The fourth-order valence-corrected chi connectivity index (χ4v) is 1.54. The predicted molar refractivity (Wildman–Crippen MR) is 55.3 cm³/mol. The Bertz CT molecular complexity index is 323. The Labute approximate surface area is 84.6 Å². The van der Waals surface area contributed by atoms with E-state index in [9.17, 15) is 4.57 Å². The minimum absolute atomic E-state index is 0.280. The molecular weight excluding hydrogens is 199 g/mol. The van der Waals surface area contributed by atoms with Gasteiger partial charge in [-0.25, -0.2) is 0 Å². The van der Waals surface area contributed by atoms with Crippen LogP contribution in [-0.2, 0) is 15.7 Å². The van der Waals surface area contributed by atoms with Gasteiger partial charge >= 0.3 is 8.03 Å². The Balaban J connectivity index is 2.50. The van der Waals surface area contributed by atoms with Crippen LogP contribution in [0.3, 0.4) is 0 Å². The zero-order chi connectivity index (χ0) is 10.6. The quantitative estimate of drug-likeness (QED) is 0.782. The van der Waals surface area contributed by atoms with Crippen molar-refractivity contribution >= 4 is 8.03 Å². The average molecular weight is 213 g/mol. The Morgan fingerprint density at radius 2 is 2.29 bits per heavy atom. The van der Waals surface area contributed by atoms with Gasteiger partial charge in [0.25, 0.3) is 5.85 Å². The molecule has 0 heterocycles. The molecule has 1 rings (SSSR count). The van der Waals surface area contributed by atoms with Crippen LogP contribution in [0, 0.1) is 6.92 Å². The Morgan fingerprint density at radius 1 is 1.57 bits per heavy atom. The van der Waals surface area contributed by atoms with Gasteiger partial charge in [0.1, 0.15) is 6.61 Å². The molecule has 0 saturated heterocycles. The molecule has 0 aliphatic carbocycles. The van der Waals surface area contributed by atoms with Crippen LogP contribution in [0.25, 0.3) is 0 Å². The molecule has 0 spiro atoms. The molecule has 0 aliphatic rings. The molecule has 0 amide bonds. The van der Waals surface area contributed by atoms with Crippen molar-refractivity contribution in [3.63, 3.8) is 0 Å². The molecule has 0 aliphatic heterocycles. The lowest BCUT2D eigenvalue weighted by molar-refractivity contribution is 0.228. The Kier molecular flexibility index (Phi) is 4.21. The lowest BCUT2D eigenvalue weighted by Crippen LogP contribution is -1.95. The molecule has 0 aromatic heterocycles. The van der Waals surface area contributed by atoms with Gasteiger partial charge in [-0.3, -0.25) is 0 Å². The van der Waals surface area contributed by atoms with Crippen molar-refractivity contribution in [1.29, 1.82) is 0 Å². The van der Waals surface area contributed by atoms with Crippen molar-refractivity contribution in [1.82, 2.24) is 0 Å². The minimum Gasteiger partial charge on any atom is -0.349 e. The van der Waals surface area contributed by atoms with Crippen LogP contribution < -0.4 is 0 Å². The van der Waals surface area contributed by atoms with Gasteiger partial charge in [0.15, 0.2) is 0 Å². The molecule has 3 nitrogen and oxygen atoms in total. The molecule has 76 valence electrons. The second-order valence-corrected chi connectivity index (χ2v) is 4.76. The maximum absolute atomic E-state index is 11.1. The molecule has 14 heavy (non-hydrogen) atoms. The number of rotatable bonds is 4. The number of aryl methyl sites for hydroxylation is 1. The van der Waals surface area contributed by atoms with Gasteiger partial charge < -0.3 is 5.11 Å². The van der Waals surface area contributed by atoms with E-state index in [2.05, 4.69) is 0 Å². The van der Waals surface area contributed by atoms with Crippen LogP contribution in [0.15, 0.2) is 24.3 Å². The van der Waals surface area contributed by atoms with Crippen LogP contribution in [0.2, 0.25) is 0 Å². The maximum Gasteiger partial charge on any atom is 0.540 e. The SMILES string of the molecule is Cc1cccc(CO[P+](=O)C(C)O)c1. The van der Waals surface area contributed by atoms with E-state index in [1.165, 1.54) is 6.92 Å². The van der Waals surface area contributed by atoms with E-state index in [0.717, 1.165) is 11.1 Å². The third-order valence-corrected chi connectivity index (χ3v) is 2.74. The molecule has 1 N–H and O–H groups in total. The molecule has 4 heteroatoms. The summed E-state index contributed by atoms with van der Waals surface area (Å²) in [4.78, 5) is 0. The Morgan fingerprint density at radius 3 is 2.86 bits per heavy atom. The van der Waals surface area contributed by atoms with Gasteiger partial charge in [-0.15, -0.1) is 4.52 Å². The highest BCUT2D eigenvalue weighted by atomic mass is 31.1. The monoisotopic (exact) mass is 213 g/mol. The molecule has 0 radical (unpaired) electrons. The van der Waals surface area contributed by atoms with E-state index in [1.807, 2.05) is 31.2 Å². The molecule has 1 aromatic rings. The fourth-order valence-electron chi connectivity index (χ4n) is 1.05. The van der Waals surface area contributed by atoms with Crippen molar-refractivity contribution in [2.24, 2.45) is 0 Å². The maximum atomic E-state index is 11.1. The van der Waals surface area contributed by atoms with E-state index in [4.69, 9.17) is 9.63 Å². The van der Waals surface area contributed by atoms with Gasteiger partial charge in [-0.2, -0.15) is 0 Å². The summed E-state index contributed by atoms with van der Waals surface area (Å²) in [6, 6.07) is 7.77. The van der Waals surface area contributed by atoms with Gasteiger partial charge in [0.05, 0.1) is 0 Å². The van der Waals surface area contributed by atoms with Crippen LogP contribution >= 0.6 is 8.03 Å². The van der Waals surface area contributed by atoms with Crippen LogP contribution in [0.5, 0.6) is 0 Å². The van der Waals surface area contributed by atoms with E-state index in [1.54, 1.807) is 0 Å². The highest BCUT2D eigenvalue weighted by Gasteiger charge is 2.24. The van der Waals surface area contributed by atoms with E-state index in [-0.39, 0.29) is 6.61 Å². The van der Waals surface area contributed by atoms with E-state index in [0.29, 0.717) is 0 Å². The topological polar surface area (TPSA) is 46.5 Å². The predicted octanol–water partition coefficient (Wildman–Crippen LogP) is 2.59. The van der Waals surface area contributed by atoms with Gasteiger partial charge in [-0.1, -0.05) is 29.8 Å². The highest BCUT2D eigenvalue weighted by Crippen LogP contribution is 2.28. The summed E-state index contributed by atoms with van der Waals surface area (Å²) in [5.74, 6) is -0.908. The van der Waals surface area contributed by atoms with E-state index >= 15 is 0 Å². The van der Waals surface area contributed by atoms with Gasteiger partial charge in [0, 0.05) is 6.92 Å². The number of aliphatic hydroxyl groups excluding tert-OH is 1.